The molecule has 29 heavy (non-hydrogen) atoms. The number of nitrogens with two attached hydrogens (primary N) is 2. The Labute approximate surface area is 170 Å². The average molecular weight is 383 g/mol. The average Bonchev–Trinajstić information content (AvgIpc) is 3.11. The topological polar surface area (TPSA) is 82.2 Å². The maximum atomic E-state index is 6.50. The molecule has 2 aliphatic rings. The van der Waals surface area contributed by atoms with Crippen molar-refractivity contribution in [3.63, 3.8) is 0 Å². The normalized spacial score (nSPS) is 17.2. The van der Waals surface area contributed by atoms with Gasteiger partial charge in [-0.15, -0.1) is 0 Å². The Bertz CT molecular complexity index is 1100. The quantitative estimate of drug-likeness (QED) is 0.709. The standard InChI is InChI=1S/C24H25N5/c1-16(25)20-12-13-21-27-22(23(29(21)28-20)18-6-3-2-4-7-18)17-8-10-19(11-9-17)24(26)14-5-15-24/h2-4,6-11H,1,5,12-15,25-26H2. The summed E-state index contributed by atoms with van der Waals surface area (Å²) >= 11 is 0. The fourth-order valence-electron chi connectivity index (χ4n) is 4.22. The summed E-state index contributed by atoms with van der Waals surface area (Å²) < 4.78 is 1.94. The first-order valence-electron chi connectivity index (χ1n) is 10.1. The van der Waals surface area contributed by atoms with E-state index in [9.17, 15) is 0 Å². The van der Waals surface area contributed by atoms with Gasteiger partial charge >= 0.3 is 0 Å². The number of aromatic nitrogens is 2. The first kappa shape index (κ1) is 17.9. The van der Waals surface area contributed by atoms with Crippen molar-refractivity contribution in [3.8, 4) is 22.5 Å². The van der Waals surface area contributed by atoms with E-state index >= 15 is 0 Å². The predicted octanol–water partition coefficient (Wildman–Crippen LogP) is 4.18. The Balaban J connectivity index is 1.65. The van der Waals surface area contributed by atoms with Gasteiger partial charge in [0, 0.05) is 35.2 Å². The van der Waals surface area contributed by atoms with Crippen LogP contribution in [0.3, 0.4) is 0 Å². The minimum Gasteiger partial charge on any atom is -0.398 e. The van der Waals surface area contributed by atoms with Crippen molar-refractivity contribution in [1.82, 2.24) is 9.66 Å². The lowest BCUT2D eigenvalue weighted by molar-refractivity contribution is 0.253. The van der Waals surface area contributed by atoms with Crippen LogP contribution >= 0.6 is 0 Å². The van der Waals surface area contributed by atoms with Crippen LogP contribution in [0.25, 0.3) is 22.5 Å². The van der Waals surface area contributed by atoms with Crippen LogP contribution in [0.15, 0.2) is 72.0 Å². The molecule has 0 saturated heterocycles. The van der Waals surface area contributed by atoms with Crippen molar-refractivity contribution in [2.75, 3.05) is 0 Å². The Morgan fingerprint density at radius 3 is 2.31 bits per heavy atom. The van der Waals surface area contributed by atoms with Gasteiger partial charge in [-0.05, 0) is 24.8 Å². The molecule has 5 heteroatoms. The second kappa shape index (κ2) is 6.71. The summed E-state index contributed by atoms with van der Waals surface area (Å²) in [4.78, 5) is 4.97. The first-order valence-corrected chi connectivity index (χ1v) is 10.1. The maximum absolute atomic E-state index is 6.50. The van der Waals surface area contributed by atoms with Gasteiger partial charge in [-0.3, -0.25) is 0 Å². The van der Waals surface area contributed by atoms with Crippen LogP contribution < -0.4 is 11.5 Å². The molecule has 1 aromatic heterocycles. The third kappa shape index (κ3) is 2.98. The van der Waals surface area contributed by atoms with Crippen LogP contribution in [0, 0.1) is 0 Å². The van der Waals surface area contributed by atoms with Gasteiger partial charge in [-0.2, -0.15) is 5.10 Å². The Morgan fingerprint density at radius 2 is 1.69 bits per heavy atom. The van der Waals surface area contributed by atoms with Crippen molar-refractivity contribution in [3.05, 3.63) is 78.3 Å². The second-order valence-corrected chi connectivity index (χ2v) is 8.06. The molecule has 2 heterocycles. The molecule has 4 N–H and O–H groups in total. The van der Waals surface area contributed by atoms with Gasteiger partial charge < -0.3 is 11.5 Å². The molecule has 0 amide bonds. The molecular formula is C24H25N5. The molecule has 0 bridgehead atoms. The van der Waals surface area contributed by atoms with Crippen molar-refractivity contribution >= 4 is 5.71 Å². The molecule has 0 radical (unpaired) electrons. The van der Waals surface area contributed by atoms with Crippen LogP contribution in [-0.4, -0.2) is 15.4 Å². The number of benzene rings is 2. The van der Waals surface area contributed by atoms with Crippen LogP contribution in [0.4, 0.5) is 0 Å². The molecule has 1 aliphatic heterocycles. The van der Waals surface area contributed by atoms with Crippen LogP contribution in [-0.2, 0) is 12.0 Å². The monoisotopic (exact) mass is 383 g/mol. The Hall–Kier alpha value is -3.18. The number of hydrogen-bond acceptors (Lipinski definition) is 4. The van der Waals surface area contributed by atoms with Gasteiger partial charge in [0.05, 0.1) is 11.4 Å². The van der Waals surface area contributed by atoms with Gasteiger partial charge in [-0.25, -0.2) is 9.66 Å². The minimum absolute atomic E-state index is 0.158. The molecule has 0 unspecified atom stereocenters. The molecule has 1 saturated carbocycles. The van der Waals surface area contributed by atoms with E-state index in [4.69, 9.17) is 21.6 Å². The zero-order valence-electron chi connectivity index (χ0n) is 16.4. The molecule has 3 aromatic rings. The number of fused-ring (bicyclic) bond motifs is 1. The fourth-order valence-corrected chi connectivity index (χ4v) is 4.22. The summed E-state index contributed by atoms with van der Waals surface area (Å²) in [5.74, 6) is 0.946. The van der Waals surface area contributed by atoms with Gasteiger partial charge in [0.2, 0.25) is 0 Å². The lowest BCUT2D eigenvalue weighted by Gasteiger charge is -2.38. The van der Waals surface area contributed by atoms with E-state index in [0.717, 1.165) is 59.7 Å². The van der Waals surface area contributed by atoms with Gasteiger partial charge in [0.1, 0.15) is 11.5 Å². The van der Waals surface area contributed by atoms with Crippen molar-refractivity contribution in [2.24, 2.45) is 16.6 Å². The summed E-state index contributed by atoms with van der Waals surface area (Å²) in [5.41, 5.74) is 18.9. The molecule has 5 nitrogen and oxygen atoms in total. The van der Waals surface area contributed by atoms with E-state index < -0.39 is 0 Å². The van der Waals surface area contributed by atoms with Gasteiger partial charge in [0.15, 0.2) is 0 Å². The van der Waals surface area contributed by atoms with E-state index in [1.165, 1.54) is 12.0 Å². The zero-order chi connectivity index (χ0) is 20.0. The summed E-state index contributed by atoms with van der Waals surface area (Å²) in [6, 6.07) is 18.8. The zero-order valence-corrected chi connectivity index (χ0v) is 16.4. The van der Waals surface area contributed by atoms with Crippen LogP contribution in [0.5, 0.6) is 0 Å². The van der Waals surface area contributed by atoms with Gasteiger partial charge in [0.25, 0.3) is 0 Å². The summed E-state index contributed by atoms with van der Waals surface area (Å²) in [7, 11) is 0. The maximum Gasteiger partial charge on any atom is 0.131 e. The highest BCUT2D eigenvalue weighted by molar-refractivity contribution is 5.99. The molecule has 1 fully saturated rings. The molecule has 5 rings (SSSR count). The van der Waals surface area contributed by atoms with Gasteiger partial charge in [-0.1, -0.05) is 61.2 Å². The number of rotatable bonds is 4. The van der Waals surface area contributed by atoms with E-state index in [1.807, 2.05) is 22.9 Å². The fraction of sp³-hybridized carbons (Fsp3) is 0.250. The molecule has 0 atom stereocenters. The molecule has 2 aromatic carbocycles. The largest absolute Gasteiger partial charge is 0.398 e. The Morgan fingerprint density at radius 1 is 0.966 bits per heavy atom. The number of aryl methyl sites for hydroxylation is 1. The molecule has 146 valence electrons. The van der Waals surface area contributed by atoms with Crippen molar-refractivity contribution in [1.29, 1.82) is 0 Å². The van der Waals surface area contributed by atoms with E-state index in [0.29, 0.717) is 5.70 Å². The highest BCUT2D eigenvalue weighted by Crippen LogP contribution is 2.40. The Kier molecular flexibility index (Phi) is 4.14. The molecule has 1 aliphatic carbocycles. The third-order valence-electron chi connectivity index (χ3n) is 6.12. The lowest BCUT2D eigenvalue weighted by atomic mass is 9.72. The lowest BCUT2D eigenvalue weighted by Crippen LogP contribution is -2.43. The number of allylic oxidation sites excluding steroid dienone is 1. The highest BCUT2D eigenvalue weighted by atomic mass is 15.4. The van der Waals surface area contributed by atoms with Crippen molar-refractivity contribution < 1.29 is 0 Å². The third-order valence-corrected chi connectivity index (χ3v) is 6.12. The summed E-state index contributed by atoms with van der Waals surface area (Å²) in [6.45, 7) is 3.87. The SMILES string of the molecule is C=C(N)C1=Nn2c(nc(-c3ccc(C4(N)CCC4)cc3)c2-c2ccccc2)CC1. The van der Waals surface area contributed by atoms with E-state index in [-0.39, 0.29) is 5.54 Å². The number of imidazole rings is 1. The second-order valence-electron chi connectivity index (χ2n) is 8.06. The summed E-state index contributed by atoms with van der Waals surface area (Å²) in [5, 5.41) is 4.77. The molecule has 0 spiro atoms. The van der Waals surface area contributed by atoms with E-state index in [1.54, 1.807) is 0 Å². The van der Waals surface area contributed by atoms with Crippen LogP contribution in [0.2, 0.25) is 0 Å². The van der Waals surface area contributed by atoms with Crippen LogP contribution in [0.1, 0.15) is 37.1 Å². The number of nitrogens with zero attached hydrogens (tertiary/aromatic N) is 3. The highest BCUT2D eigenvalue weighted by Gasteiger charge is 2.34. The number of hydrogen-bond donors (Lipinski definition) is 2. The van der Waals surface area contributed by atoms with E-state index in [2.05, 4.69) is 43.0 Å². The smallest absolute Gasteiger partial charge is 0.131 e. The summed E-state index contributed by atoms with van der Waals surface area (Å²) in [6.07, 6.45) is 4.87. The van der Waals surface area contributed by atoms with Crippen molar-refractivity contribution in [2.45, 2.75) is 37.6 Å². The predicted molar refractivity (Wildman–Crippen MR) is 117 cm³/mol. The molecular weight excluding hydrogens is 358 g/mol. The minimum atomic E-state index is -0.158. The first-order chi connectivity index (χ1) is 14.0.